The predicted octanol–water partition coefficient (Wildman–Crippen LogP) is 2.91. The van der Waals surface area contributed by atoms with Gasteiger partial charge in [-0.3, -0.25) is 9.79 Å². The molecule has 6 heteroatoms. The molecule has 6 nitrogen and oxygen atoms in total. The molecule has 2 aliphatic heterocycles. The lowest BCUT2D eigenvalue weighted by molar-refractivity contribution is -0.127. The molecule has 1 amide bonds. The highest BCUT2D eigenvalue weighted by molar-refractivity contribution is 5.98. The minimum absolute atomic E-state index is 0.317. The van der Waals surface area contributed by atoms with Crippen molar-refractivity contribution in [3.63, 3.8) is 0 Å². The molecule has 29 heavy (non-hydrogen) atoms. The van der Waals surface area contributed by atoms with Gasteiger partial charge < -0.3 is 20.0 Å². The Balaban J connectivity index is 1.59. The van der Waals surface area contributed by atoms with Gasteiger partial charge in [-0.15, -0.1) is 0 Å². The number of likely N-dealkylation sites (tertiary alicyclic amines) is 1. The Morgan fingerprint density at radius 1 is 1.31 bits per heavy atom. The van der Waals surface area contributed by atoms with Crippen LogP contribution in [-0.2, 0) is 4.79 Å². The summed E-state index contributed by atoms with van der Waals surface area (Å²) >= 11 is 0. The second-order valence-electron chi connectivity index (χ2n) is 8.27. The standard InChI is InChI=1S/C23H37N5O/c1-4-5-14-26(3)17-13-25-23(24-2)28-18-19(20-9-6-7-10-21(20)28)12-16-27-15-8-11-22(27)29/h6-7,9-10,19H,4-5,8,11-18H2,1-3H3,(H,24,25). The molecule has 1 saturated heterocycles. The molecule has 0 saturated carbocycles. The zero-order valence-corrected chi connectivity index (χ0v) is 18.4. The molecule has 0 aliphatic carbocycles. The van der Waals surface area contributed by atoms with Crippen LogP contribution in [-0.4, -0.2) is 75.0 Å². The minimum Gasteiger partial charge on any atom is -0.355 e. The number of nitrogens with zero attached hydrogens (tertiary/aromatic N) is 4. The molecular weight excluding hydrogens is 362 g/mol. The molecule has 3 rings (SSSR count). The zero-order chi connectivity index (χ0) is 20.6. The van der Waals surface area contributed by atoms with Crippen LogP contribution in [0.15, 0.2) is 29.3 Å². The molecule has 160 valence electrons. The lowest BCUT2D eigenvalue weighted by atomic mass is 9.98. The molecule has 2 heterocycles. The van der Waals surface area contributed by atoms with E-state index in [0.29, 0.717) is 11.8 Å². The van der Waals surface area contributed by atoms with Crippen molar-refractivity contribution in [2.45, 2.75) is 44.9 Å². The van der Waals surface area contributed by atoms with Gasteiger partial charge in [-0.2, -0.15) is 0 Å². The number of unbranched alkanes of at least 4 members (excludes halogenated alkanes) is 1. The second-order valence-corrected chi connectivity index (χ2v) is 8.27. The van der Waals surface area contributed by atoms with Crippen molar-refractivity contribution in [3.8, 4) is 0 Å². The normalized spacial score (nSPS) is 19.4. The van der Waals surface area contributed by atoms with Crippen LogP contribution in [0.25, 0.3) is 0 Å². The Morgan fingerprint density at radius 3 is 2.86 bits per heavy atom. The van der Waals surface area contributed by atoms with Crippen molar-refractivity contribution in [1.82, 2.24) is 15.1 Å². The van der Waals surface area contributed by atoms with Crippen LogP contribution in [0.2, 0.25) is 0 Å². The molecule has 2 aliphatic rings. The monoisotopic (exact) mass is 399 g/mol. The summed E-state index contributed by atoms with van der Waals surface area (Å²) in [7, 11) is 4.04. The van der Waals surface area contributed by atoms with Crippen LogP contribution >= 0.6 is 0 Å². The number of nitrogens with one attached hydrogen (secondary N) is 1. The maximum atomic E-state index is 12.0. The molecule has 1 unspecified atom stereocenters. The summed E-state index contributed by atoms with van der Waals surface area (Å²) in [5.41, 5.74) is 2.62. The average molecular weight is 400 g/mol. The first-order valence-corrected chi connectivity index (χ1v) is 11.2. The average Bonchev–Trinajstić information content (AvgIpc) is 3.31. The number of aliphatic imine (C=N–C) groups is 1. The number of guanidine groups is 1. The molecule has 1 aromatic carbocycles. The molecule has 1 N–H and O–H groups in total. The van der Waals surface area contributed by atoms with Gasteiger partial charge in [0, 0.05) is 57.8 Å². The number of carbonyl (C=O) groups is 1. The Labute approximate surface area is 176 Å². The van der Waals surface area contributed by atoms with Crippen LogP contribution in [0.3, 0.4) is 0 Å². The van der Waals surface area contributed by atoms with Crippen LogP contribution in [0.5, 0.6) is 0 Å². The highest BCUT2D eigenvalue weighted by Gasteiger charge is 2.32. The number of hydrogen-bond donors (Lipinski definition) is 1. The number of amides is 1. The summed E-state index contributed by atoms with van der Waals surface area (Å²) in [6.07, 6.45) is 5.21. The maximum absolute atomic E-state index is 12.0. The molecule has 1 fully saturated rings. The lowest BCUT2D eigenvalue weighted by Crippen LogP contribution is -2.43. The van der Waals surface area contributed by atoms with E-state index < -0.39 is 0 Å². The first-order valence-electron chi connectivity index (χ1n) is 11.2. The Kier molecular flexibility index (Phi) is 7.92. The van der Waals surface area contributed by atoms with E-state index in [1.54, 1.807) is 0 Å². The summed E-state index contributed by atoms with van der Waals surface area (Å²) in [4.78, 5) is 23.2. The van der Waals surface area contributed by atoms with Crippen molar-refractivity contribution in [3.05, 3.63) is 29.8 Å². The number of hydrogen-bond acceptors (Lipinski definition) is 3. The number of likely N-dealkylation sites (N-methyl/N-ethyl adjacent to an activating group) is 1. The van der Waals surface area contributed by atoms with E-state index in [4.69, 9.17) is 0 Å². The van der Waals surface area contributed by atoms with Crippen LogP contribution in [0, 0.1) is 0 Å². The van der Waals surface area contributed by atoms with Crippen molar-refractivity contribution in [1.29, 1.82) is 0 Å². The molecule has 1 atom stereocenters. The van der Waals surface area contributed by atoms with Crippen LogP contribution in [0.1, 0.15) is 50.5 Å². The van der Waals surface area contributed by atoms with Crippen LogP contribution < -0.4 is 10.2 Å². The van der Waals surface area contributed by atoms with Crippen molar-refractivity contribution in [2.24, 2.45) is 4.99 Å². The fourth-order valence-electron chi connectivity index (χ4n) is 4.39. The van der Waals surface area contributed by atoms with E-state index in [9.17, 15) is 4.79 Å². The quantitative estimate of drug-likeness (QED) is 0.512. The Hall–Kier alpha value is -2.08. The molecule has 1 aromatic rings. The first-order chi connectivity index (χ1) is 14.1. The number of fused-ring (bicyclic) bond motifs is 1. The summed E-state index contributed by atoms with van der Waals surface area (Å²) < 4.78 is 0. The summed E-state index contributed by atoms with van der Waals surface area (Å²) in [6, 6.07) is 8.65. The van der Waals surface area contributed by atoms with E-state index >= 15 is 0 Å². The summed E-state index contributed by atoms with van der Waals surface area (Å²) in [5.74, 6) is 1.70. The highest BCUT2D eigenvalue weighted by Crippen LogP contribution is 2.38. The number of para-hydroxylation sites is 1. The third-order valence-electron chi connectivity index (χ3n) is 6.13. The summed E-state index contributed by atoms with van der Waals surface area (Å²) in [5, 5.41) is 3.55. The Bertz CT molecular complexity index is 704. The van der Waals surface area contributed by atoms with Gasteiger partial charge in [-0.25, -0.2) is 0 Å². The number of carbonyl (C=O) groups excluding carboxylic acids is 1. The van der Waals surface area contributed by atoms with E-state index in [2.05, 4.69) is 58.3 Å². The predicted molar refractivity (Wildman–Crippen MR) is 121 cm³/mol. The fraction of sp³-hybridized carbons (Fsp3) is 0.652. The molecule has 0 radical (unpaired) electrons. The van der Waals surface area contributed by atoms with E-state index in [1.807, 2.05) is 11.9 Å². The molecule has 0 spiro atoms. The van der Waals surface area contributed by atoms with E-state index in [-0.39, 0.29) is 0 Å². The van der Waals surface area contributed by atoms with Gasteiger partial charge in [0.05, 0.1) is 0 Å². The largest absolute Gasteiger partial charge is 0.355 e. The summed E-state index contributed by atoms with van der Waals surface area (Å²) in [6.45, 7) is 7.97. The second kappa shape index (κ2) is 10.6. The van der Waals surface area contributed by atoms with Gasteiger partial charge in [0.25, 0.3) is 0 Å². The van der Waals surface area contributed by atoms with E-state index in [0.717, 1.165) is 64.5 Å². The SMILES string of the molecule is CCCCN(C)CCNC(=NC)N1CC(CCN2CCCC2=O)c2ccccc21. The molecule has 0 aromatic heterocycles. The van der Waals surface area contributed by atoms with Crippen molar-refractivity contribution < 1.29 is 4.79 Å². The van der Waals surface area contributed by atoms with Gasteiger partial charge in [-0.05, 0) is 44.5 Å². The minimum atomic E-state index is 0.317. The lowest BCUT2D eigenvalue weighted by Gasteiger charge is -2.24. The topological polar surface area (TPSA) is 51.2 Å². The smallest absolute Gasteiger partial charge is 0.222 e. The number of anilines is 1. The highest BCUT2D eigenvalue weighted by atomic mass is 16.2. The zero-order valence-electron chi connectivity index (χ0n) is 18.4. The Morgan fingerprint density at radius 2 is 2.14 bits per heavy atom. The van der Waals surface area contributed by atoms with E-state index in [1.165, 1.54) is 24.1 Å². The molecular formula is C23H37N5O. The number of rotatable bonds is 9. The third kappa shape index (κ3) is 5.50. The van der Waals surface area contributed by atoms with Crippen molar-refractivity contribution in [2.75, 3.05) is 58.3 Å². The van der Waals surface area contributed by atoms with Gasteiger partial charge in [0.15, 0.2) is 5.96 Å². The van der Waals surface area contributed by atoms with Gasteiger partial charge in [-0.1, -0.05) is 31.5 Å². The van der Waals surface area contributed by atoms with Crippen LogP contribution in [0.4, 0.5) is 5.69 Å². The third-order valence-corrected chi connectivity index (χ3v) is 6.13. The van der Waals surface area contributed by atoms with Crippen molar-refractivity contribution >= 4 is 17.6 Å². The van der Waals surface area contributed by atoms with Gasteiger partial charge in [0.1, 0.15) is 0 Å². The maximum Gasteiger partial charge on any atom is 0.222 e. The first kappa shape index (κ1) is 21.6. The molecule has 0 bridgehead atoms. The fourth-order valence-corrected chi connectivity index (χ4v) is 4.39. The van der Waals surface area contributed by atoms with Gasteiger partial charge >= 0.3 is 0 Å². The van der Waals surface area contributed by atoms with Gasteiger partial charge in [0.2, 0.25) is 5.91 Å². The number of benzene rings is 1.